The Hall–Kier alpha value is -2.28. The first-order valence-electron chi connectivity index (χ1n) is 6.91. The molecular formula is C17H16BrFO5. The Morgan fingerprint density at radius 2 is 1.58 bits per heavy atom. The lowest BCUT2D eigenvalue weighted by atomic mass is 10.2. The molecule has 7 heteroatoms. The Kier molecular flexibility index (Phi) is 6.03. The van der Waals surface area contributed by atoms with Crippen LogP contribution < -0.4 is 14.2 Å². The monoisotopic (exact) mass is 398 g/mol. The maximum Gasteiger partial charge on any atom is 0.338 e. The van der Waals surface area contributed by atoms with Crippen LogP contribution in [0.15, 0.2) is 34.8 Å². The molecule has 0 fully saturated rings. The average Bonchev–Trinajstić information content (AvgIpc) is 2.59. The maximum absolute atomic E-state index is 13.6. The van der Waals surface area contributed by atoms with Crippen LogP contribution in [0.4, 0.5) is 4.39 Å². The number of hydrogen-bond acceptors (Lipinski definition) is 5. The molecule has 0 radical (unpaired) electrons. The summed E-state index contributed by atoms with van der Waals surface area (Å²) in [7, 11) is 4.34. The third kappa shape index (κ3) is 3.97. The predicted molar refractivity (Wildman–Crippen MR) is 89.3 cm³/mol. The number of esters is 1. The number of halogens is 2. The molecule has 0 aliphatic rings. The molecule has 2 aromatic carbocycles. The van der Waals surface area contributed by atoms with Crippen molar-refractivity contribution in [2.75, 3.05) is 21.3 Å². The smallest absolute Gasteiger partial charge is 0.338 e. The first kappa shape index (κ1) is 18.1. The van der Waals surface area contributed by atoms with Crippen molar-refractivity contribution in [3.63, 3.8) is 0 Å². The van der Waals surface area contributed by atoms with E-state index < -0.39 is 11.8 Å². The van der Waals surface area contributed by atoms with E-state index in [-0.39, 0.29) is 17.9 Å². The molecule has 0 aromatic heterocycles. The molecule has 0 heterocycles. The lowest BCUT2D eigenvalue weighted by Gasteiger charge is -2.11. The fraction of sp³-hybridized carbons (Fsp3) is 0.235. The summed E-state index contributed by atoms with van der Waals surface area (Å²) >= 11 is 3.33. The van der Waals surface area contributed by atoms with Crippen LogP contribution in [0.25, 0.3) is 0 Å². The summed E-state index contributed by atoms with van der Waals surface area (Å²) in [5.41, 5.74) is 0.776. The SMILES string of the molecule is COc1ccc(COC(=O)c2cc(OC)c(Br)c(OC)c2)cc1F. The van der Waals surface area contributed by atoms with Crippen molar-refractivity contribution in [3.05, 3.63) is 51.7 Å². The van der Waals surface area contributed by atoms with E-state index >= 15 is 0 Å². The van der Waals surface area contributed by atoms with Crippen LogP contribution in [0.1, 0.15) is 15.9 Å². The van der Waals surface area contributed by atoms with Gasteiger partial charge in [-0.1, -0.05) is 6.07 Å². The Balaban J connectivity index is 2.14. The topological polar surface area (TPSA) is 54.0 Å². The third-order valence-electron chi connectivity index (χ3n) is 3.27. The summed E-state index contributed by atoms with van der Waals surface area (Å²) in [6, 6.07) is 7.42. The summed E-state index contributed by atoms with van der Waals surface area (Å²) < 4.78 is 34.7. The van der Waals surface area contributed by atoms with E-state index in [1.165, 1.54) is 45.6 Å². The van der Waals surface area contributed by atoms with Crippen molar-refractivity contribution < 1.29 is 28.1 Å². The Bertz CT molecular complexity index is 723. The van der Waals surface area contributed by atoms with Gasteiger partial charge in [-0.15, -0.1) is 0 Å². The molecule has 0 N–H and O–H groups in total. The van der Waals surface area contributed by atoms with E-state index in [9.17, 15) is 9.18 Å². The van der Waals surface area contributed by atoms with Crippen LogP contribution in [0, 0.1) is 5.82 Å². The highest BCUT2D eigenvalue weighted by molar-refractivity contribution is 9.10. The summed E-state index contributed by atoms with van der Waals surface area (Å²) in [6.45, 7) is -0.0690. The van der Waals surface area contributed by atoms with Crippen molar-refractivity contribution in [2.45, 2.75) is 6.61 Å². The van der Waals surface area contributed by atoms with Gasteiger partial charge in [-0.3, -0.25) is 0 Å². The zero-order valence-corrected chi connectivity index (χ0v) is 15.0. The van der Waals surface area contributed by atoms with Gasteiger partial charge in [0.2, 0.25) is 0 Å². The molecule has 0 atom stereocenters. The van der Waals surface area contributed by atoms with Gasteiger partial charge in [0.1, 0.15) is 22.6 Å². The molecule has 0 amide bonds. The minimum Gasteiger partial charge on any atom is -0.495 e. The number of ether oxygens (including phenoxy) is 4. The molecule has 5 nitrogen and oxygen atoms in total. The molecule has 0 aliphatic heterocycles. The standard InChI is InChI=1S/C17H16BrFO5/c1-21-13-5-4-10(6-12(13)19)9-24-17(20)11-7-14(22-2)16(18)15(8-11)23-3/h4-8H,9H2,1-3H3. The second-order valence-electron chi connectivity index (χ2n) is 4.74. The molecule has 0 saturated heterocycles. The van der Waals surface area contributed by atoms with Gasteiger partial charge in [0.25, 0.3) is 0 Å². The highest BCUT2D eigenvalue weighted by atomic mass is 79.9. The lowest BCUT2D eigenvalue weighted by molar-refractivity contribution is 0.0471. The molecule has 0 spiro atoms. The highest BCUT2D eigenvalue weighted by Gasteiger charge is 2.16. The van der Waals surface area contributed by atoms with E-state index in [1.54, 1.807) is 6.07 Å². The third-order valence-corrected chi connectivity index (χ3v) is 4.05. The van der Waals surface area contributed by atoms with Crippen LogP contribution in [0.3, 0.4) is 0 Å². The van der Waals surface area contributed by atoms with Crippen LogP contribution in [-0.4, -0.2) is 27.3 Å². The Labute approximate surface area is 147 Å². The fourth-order valence-corrected chi connectivity index (χ4v) is 2.57. The predicted octanol–water partition coefficient (Wildman–Crippen LogP) is 3.97. The van der Waals surface area contributed by atoms with Gasteiger partial charge in [0, 0.05) is 0 Å². The lowest BCUT2D eigenvalue weighted by Crippen LogP contribution is -2.06. The zero-order chi connectivity index (χ0) is 17.7. The van der Waals surface area contributed by atoms with Crippen molar-refractivity contribution >= 4 is 21.9 Å². The van der Waals surface area contributed by atoms with Crippen LogP contribution >= 0.6 is 15.9 Å². The second-order valence-corrected chi connectivity index (χ2v) is 5.53. The van der Waals surface area contributed by atoms with Crippen LogP contribution in [0.5, 0.6) is 17.2 Å². The number of hydrogen-bond donors (Lipinski definition) is 0. The second kappa shape index (κ2) is 8.01. The van der Waals surface area contributed by atoms with Gasteiger partial charge in [-0.05, 0) is 45.8 Å². The minimum atomic E-state index is -0.574. The molecule has 128 valence electrons. The van der Waals surface area contributed by atoms with Crippen molar-refractivity contribution in [1.82, 2.24) is 0 Å². The number of carbonyl (C=O) groups is 1. The van der Waals surface area contributed by atoms with Crippen molar-refractivity contribution in [2.24, 2.45) is 0 Å². The molecule has 0 bridgehead atoms. The summed E-state index contributed by atoms with van der Waals surface area (Å²) in [4.78, 5) is 12.2. The van der Waals surface area contributed by atoms with Crippen molar-refractivity contribution in [3.8, 4) is 17.2 Å². The molecule has 2 rings (SSSR count). The fourth-order valence-electron chi connectivity index (χ4n) is 2.02. The molecule has 0 aliphatic carbocycles. The molecular weight excluding hydrogens is 383 g/mol. The minimum absolute atomic E-state index is 0.0690. The summed E-state index contributed by atoms with van der Waals surface area (Å²) in [5.74, 6) is -0.0746. The van der Waals surface area contributed by atoms with Crippen LogP contribution in [0.2, 0.25) is 0 Å². The molecule has 0 saturated carbocycles. The molecule has 2 aromatic rings. The van der Waals surface area contributed by atoms with Gasteiger partial charge >= 0.3 is 5.97 Å². The summed E-state index contributed by atoms with van der Waals surface area (Å²) in [6.07, 6.45) is 0. The van der Waals surface area contributed by atoms with E-state index in [0.29, 0.717) is 21.5 Å². The molecule has 24 heavy (non-hydrogen) atoms. The van der Waals surface area contributed by atoms with Gasteiger partial charge in [0.15, 0.2) is 11.6 Å². The van der Waals surface area contributed by atoms with E-state index in [2.05, 4.69) is 15.9 Å². The summed E-state index contributed by atoms with van der Waals surface area (Å²) in [5, 5.41) is 0. The first-order valence-corrected chi connectivity index (χ1v) is 7.70. The number of benzene rings is 2. The van der Waals surface area contributed by atoms with Gasteiger partial charge in [-0.25, -0.2) is 9.18 Å². The van der Waals surface area contributed by atoms with Crippen molar-refractivity contribution in [1.29, 1.82) is 0 Å². The quantitative estimate of drug-likeness (QED) is 0.689. The Morgan fingerprint density at radius 3 is 2.08 bits per heavy atom. The number of carbonyl (C=O) groups excluding carboxylic acids is 1. The number of methoxy groups -OCH3 is 3. The van der Waals surface area contributed by atoms with E-state index in [0.717, 1.165) is 0 Å². The van der Waals surface area contributed by atoms with E-state index in [4.69, 9.17) is 18.9 Å². The average molecular weight is 399 g/mol. The van der Waals surface area contributed by atoms with Gasteiger partial charge in [-0.2, -0.15) is 0 Å². The number of rotatable bonds is 6. The van der Waals surface area contributed by atoms with E-state index in [1.807, 2.05) is 0 Å². The largest absolute Gasteiger partial charge is 0.495 e. The van der Waals surface area contributed by atoms with Gasteiger partial charge in [0.05, 0.1) is 26.9 Å². The maximum atomic E-state index is 13.6. The molecule has 0 unspecified atom stereocenters. The normalized spacial score (nSPS) is 10.2. The zero-order valence-electron chi connectivity index (χ0n) is 13.4. The van der Waals surface area contributed by atoms with Crippen LogP contribution in [-0.2, 0) is 11.3 Å². The Morgan fingerprint density at radius 1 is 1.00 bits per heavy atom. The first-order chi connectivity index (χ1) is 11.5. The highest BCUT2D eigenvalue weighted by Crippen LogP contribution is 2.35. The van der Waals surface area contributed by atoms with Gasteiger partial charge < -0.3 is 18.9 Å².